The van der Waals surface area contributed by atoms with E-state index in [1.165, 1.54) is 6.08 Å². The third kappa shape index (κ3) is 4.82. The molecule has 0 saturated carbocycles. The molecular weight excluding hydrogens is 338 g/mol. The zero-order chi connectivity index (χ0) is 19.2. The number of aryl methyl sites for hydroxylation is 1. The van der Waals surface area contributed by atoms with Gasteiger partial charge in [0.2, 0.25) is 0 Å². The van der Waals surface area contributed by atoms with Gasteiger partial charge in [0, 0.05) is 11.8 Å². The Balaban J connectivity index is 1.61. The lowest BCUT2D eigenvalue weighted by Gasteiger charge is -2.12. The van der Waals surface area contributed by atoms with Crippen molar-refractivity contribution in [3.8, 4) is 0 Å². The van der Waals surface area contributed by atoms with Gasteiger partial charge in [-0.2, -0.15) is 0 Å². The summed E-state index contributed by atoms with van der Waals surface area (Å²) >= 11 is 0. The Morgan fingerprint density at radius 2 is 1.67 bits per heavy atom. The Hall–Kier alpha value is -3.40. The summed E-state index contributed by atoms with van der Waals surface area (Å²) in [6.45, 7) is 3.52. The quantitative estimate of drug-likeness (QED) is 0.529. The summed E-state index contributed by atoms with van der Waals surface area (Å²) in [6, 6.07) is 21.2. The number of hydrogen-bond acceptors (Lipinski definition) is 3. The highest BCUT2D eigenvalue weighted by atomic mass is 16.5. The number of ether oxygens (including phenoxy) is 1. The molecule has 1 amide bonds. The first-order chi connectivity index (χ1) is 13.0. The molecule has 136 valence electrons. The minimum Gasteiger partial charge on any atom is -0.449 e. The van der Waals surface area contributed by atoms with Crippen LogP contribution >= 0.6 is 0 Å². The fraction of sp³-hybridized carbons (Fsp3) is 0.130. The van der Waals surface area contributed by atoms with Crippen LogP contribution < -0.4 is 5.32 Å². The number of carbonyl (C=O) groups is 2. The predicted molar refractivity (Wildman–Crippen MR) is 108 cm³/mol. The lowest BCUT2D eigenvalue weighted by Crippen LogP contribution is -2.29. The van der Waals surface area contributed by atoms with Crippen molar-refractivity contribution >= 4 is 34.4 Å². The normalized spacial score (nSPS) is 12.1. The van der Waals surface area contributed by atoms with Gasteiger partial charge in [-0.15, -0.1) is 0 Å². The van der Waals surface area contributed by atoms with Gasteiger partial charge in [-0.3, -0.25) is 4.79 Å². The van der Waals surface area contributed by atoms with E-state index >= 15 is 0 Å². The molecule has 0 fully saturated rings. The van der Waals surface area contributed by atoms with Crippen molar-refractivity contribution in [3.63, 3.8) is 0 Å². The molecule has 27 heavy (non-hydrogen) atoms. The van der Waals surface area contributed by atoms with E-state index < -0.39 is 12.1 Å². The van der Waals surface area contributed by atoms with E-state index in [-0.39, 0.29) is 5.91 Å². The third-order valence-corrected chi connectivity index (χ3v) is 4.20. The van der Waals surface area contributed by atoms with Gasteiger partial charge in [0.05, 0.1) is 0 Å². The van der Waals surface area contributed by atoms with Crippen molar-refractivity contribution in [2.75, 3.05) is 5.32 Å². The second-order valence-corrected chi connectivity index (χ2v) is 6.34. The van der Waals surface area contributed by atoms with Gasteiger partial charge in [-0.05, 0) is 48.4 Å². The van der Waals surface area contributed by atoms with Crippen LogP contribution in [0, 0.1) is 6.92 Å². The van der Waals surface area contributed by atoms with Crippen LogP contribution in [0.2, 0.25) is 0 Å². The van der Waals surface area contributed by atoms with Crippen LogP contribution in [0.15, 0.2) is 72.8 Å². The number of rotatable bonds is 5. The summed E-state index contributed by atoms with van der Waals surface area (Å²) in [5.41, 5.74) is 2.69. The maximum Gasteiger partial charge on any atom is 0.331 e. The largest absolute Gasteiger partial charge is 0.449 e. The highest BCUT2D eigenvalue weighted by Crippen LogP contribution is 2.19. The maximum absolute atomic E-state index is 12.2. The molecule has 4 heteroatoms. The molecule has 0 aliphatic carbocycles. The van der Waals surface area contributed by atoms with E-state index in [2.05, 4.69) is 5.32 Å². The first-order valence-electron chi connectivity index (χ1n) is 8.77. The zero-order valence-corrected chi connectivity index (χ0v) is 15.3. The van der Waals surface area contributed by atoms with Gasteiger partial charge < -0.3 is 10.1 Å². The van der Waals surface area contributed by atoms with E-state index in [1.807, 2.05) is 73.7 Å². The number of anilines is 1. The molecule has 0 saturated heterocycles. The van der Waals surface area contributed by atoms with Gasteiger partial charge in [0.25, 0.3) is 5.91 Å². The SMILES string of the molecule is Cc1ccc(NC(=O)[C@@H](C)OC(=O)/C=C/c2cccc3ccccc23)cc1. The minimum absolute atomic E-state index is 0.370. The number of nitrogens with one attached hydrogen (secondary N) is 1. The van der Waals surface area contributed by atoms with Crippen LogP contribution in [0.5, 0.6) is 0 Å². The number of carbonyl (C=O) groups excluding carboxylic acids is 2. The third-order valence-electron chi connectivity index (χ3n) is 4.20. The summed E-state index contributed by atoms with van der Waals surface area (Å²) in [6.07, 6.45) is 2.16. The van der Waals surface area contributed by atoms with Crippen molar-refractivity contribution in [2.24, 2.45) is 0 Å². The van der Waals surface area contributed by atoms with Crippen LogP contribution in [-0.2, 0) is 14.3 Å². The molecule has 0 unspecified atom stereocenters. The van der Waals surface area contributed by atoms with Crippen molar-refractivity contribution in [2.45, 2.75) is 20.0 Å². The van der Waals surface area contributed by atoms with Gasteiger partial charge in [-0.1, -0.05) is 60.2 Å². The monoisotopic (exact) mass is 359 g/mol. The van der Waals surface area contributed by atoms with E-state index in [0.717, 1.165) is 21.9 Å². The molecule has 3 aromatic rings. The highest BCUT2D eigenvalue weighted by Gasteiger charge is 2.16. The van der Waals surface area contributed by atoms with E-state index in [1.54, 1.807) is 13.0 Å². The topological polar surface area (TPSA) is 55.4 Å². The summed E-state index contributed by atoms with van der Waals surface area (Å²) < 4.78 is 5.20. The number of esters is 1. The summed E-state index contributed by atoms with van der Waals surface area (Å²) in [4.78, 5) is 24.2. The molecule has 0 aromatic heterocycles. The number of benzene rings is 3. The Morgan fingerprint density at radius 1 is 0.963 bits per heavy atom. The molecule has 3 aromatic carbocycles. The first-order valence-corrected chi connectivity index (χ1v) is 8.77. The Kier molecular flexibility index (Phi) is 5.67. The number of amides is 1. The molecule has 1 atom stereocenters. The molecule has 4 nitrogen and oxygen atoms in total. The molecule has 0 radical (unpaired) electrons. The van der Waals surface area contributed by atoms with Crippen LogP contribution in [0.25, 0.3) is 16.8 Å². The molecule has 0 spiro atoms. The van der Waals surface area contributed by atoms with Crippen LogP contribution in [0.4, 0.5) is 5.69 Å². The van der Waals surface area contributed by atoms with Crippen molar-refractivity contribution in [1.82, 2.24) is 0 Å². The summed E-state index contributed by atoms with van der Waals surface area (Å²) in [5, 5.41) is 4.88. The fourth-order valence-electron chi connectivity index (χ4n) is 2.70. The number of fused-ring (bicyclic) bond motifs is 1. The van der Waals surface area contributed by atoms with Gasteiger partial charge >= 0.3 is 5.97 Å². The van der Waals surface area contributed by atoms with Crippen molar-refractivity contribution in [3.05, 3.63) is 83.9 Å². The molecule has 0 aliphatic heterocycles. The highest BCUT2D eigenvalue weighted by molar-refractivity contribution is 5.98. The zero-order valence-electron chi connectivity index (χ0n) is 15.3. The lowest BCUT2D eigenvalue weighted by atomic mass is 10.0. The molecule has 3 rings (SSSR count). The summed E-state index contributed by atoms with van der Waals surface area (Å²) in [7, 11) is 0. The van der Waals surface area contributed by atoms with Crippen LogP contribution in [-0.4, -0.2) is 18.0 Å². The second kappa shape index (κ2) is 8.32. The number of hydrogen-bond donors (Lipinski definition) is 1. The Morgan fingerprint density at radius 3 is 2.44 bits per heavy atom. The van der Waals surface area contributed by atoms with Gasteiger partial charge in [0.15, 0.2) is 6.10 Å². The maximum atomic E-state index is 12.2. The average molecular weight is 359 g/mol. The molecular formula is C23H21NO3. The van der Waals surface area contributed by atoms with Gasteiger partial charge in [0.1, 0.15) is 0 Å². The Bertz CT molecular complexity index is 985. The fourth-order valence-corrected chi connectivity index (χ4v) is 2.70. The predicted octanol–water partition coefficient (Wildman–Crippen LogP) is 4.73. The van der Waals surface area contributed by atoms with E-state index in [0.29, 0.717) is 5.69 Å². The van der Waals surface area contributed by atoms with E-state index in [4.69, 9.17) is 4.74 Å². The second-order valence-electron chi connectivity index (χ2n) is 6.34. The van der Waals surface area contributed by atoms with Crippen molar-refractivity contribution in [1.29, 1.82) is 0 Å². The van der Waals surface area contributed by atoms with Crippen molar-refractivity contribution < 1.29 is 14.3 Å². The van der Waals surface area contributed by atoms with Gasteiger partial charge in [-0.25, -0.2) is 4.79 Å². The smallest absolute Gasteiger partial charge is 0.331 e. The molecule has 0 heterocycles. The molecule has 0 aliphatic rings. The molecule has 1 N–H and O–H groups in total. The van der Waals surface area contributed by atoms with Crippen LogP contribution in [0.3, 0.4) is 0 Å². The first kappa shape index (κ1) is 18.4. The summed E-state index contributed by atoms with van der Waals surface area (Å²) in [5.74, 6) is -0.930. The van der Waals surface area contributed by atoms with E-state index in [9.17, 15) is 9.59 Å². The lowest BCUT2D eigenvalue weighted by molar-refractivity contribution is -0.148. The Labute approximate surface area is 158 Å². The molecule has 0 bridgehead atoms. The average Bonchev–Trinajstić information content (AvgIpc) is 2.68. The standard InChI is InChI=1S/C23H21NO3/c1-16-10-13-20(14-11-16)24-23(26)17(2)27-22(25)15-12-19-8-5-7-18-6-3-4-9-21(18)19/h3-15,17H,1-2H3,(H,24,26)/b15-12+/t17-/m1/s1. The minimum atomic E-state index is -0.893. The van der Waals surface area contributed by atoms with Crippen LogP contribution in [0.1, 0.15) is 18.1 Å².